The molecular formula is C27H32N2O5. The van der Waals surface area contributed by atoms with E-state index in [2.05, 4.69) is 24.4 Å². The molecule has 1 saturated heterocycles. The highest BCUT2D eigenvalue weighted by atomic mass is 16.5. The predicted octanol–water partition coefficient (Wildman–Crippen LogP) is 4.41. The summed E-state index contributed by atoms with van der Waals surface area (Å²) >= 11 is 0. The van der Waals surface area contributed by atoms with Crippen LogP contribution < -0.4 is 5.32 Å². The number of rotatable bonds is 7. The standard InChI is InChI=1S/C27H32N2O5/c1-3-18-13-12-17(2)29(15-18)26(32)24(14-25(30)31)28-27(33)34-16-23-21-10-6-4-8-19(21)20-9-5-7-11-22(20)23/h4-11,17-18,23-24H,3,12-16H2,1-2H3,(H,28,33)(H,30,31)/t17-,18-,24?/m1/s1. The van der Waals surface area contributed by atoms with Crippen LogP contribution in [0.4, 0.5) is 4.79 Å². The minimum absolute atomic E-state index is 0.0101. The first-order valence-electron chi connectivity index (χ1n) is 12.0. The van der Waals surface area contributed by atoms with E-state index in [4.69, 9.17) is 4.74 Å². The zero-order valence-corrected chi connectivity index (χ0v) is 19.7. The Morgan fingerprint density at radius 3 is 2.26 bits per heavy atom. The van der Waals surface area contributed by atoms with Crippen molar-refractivity contribution in [2.24, 2.45) is 5.92 Å². The number of fused-ring (bicyclic) bond motifs is 3. The van der Waals surface area contributed by atoms with Gasteiger partial charge in [-0.2, -0.15) is 0 Å². The first-order valence-corrected chi connectivity index (χ1v) is 12.0. The molecular weight excluding hydrogens is 432 g/mol. The number of hydrogen-bond donors (Lipinski definition) is 2. The number of nitrogens with one attached hydrogen (secondary N) is 1. The van der Waals surface area contributed by atoms with Crippen molar-refractivity contribution in [2.45, 2.75) is 57.5 Å². The fourth-order valence-electron chi connectivity index (χ4n) is 5.18. The molecule has 0 saturated carbocycles. The van der Waals surface area contributed by atoms with Gasteiger partial charge < -0.3 is 20.1 Å². The highest BCUT2D eigenvalue weighted by molar-refractivity contribution is 5.89. The van der Waals surface area contributed by atoms with Crippen molar-refractivity contribution in [1.82, 2.24) is 10.2 Å². The van der Waals surface area contributed by atoms with Gasteiger partial charge >= 0.3 is 12.1 Å². The number of benzene rings is 2. The highest BCUT2D eigenvalue weighted by Crippen LogP contribution is 2.44. The number of ether oxygens (including phenoxy) is 1. The highest BCUT2D eigenvalue weighted by Gasteiger charge is 2.35. The smallest absolute Gasteiger partial charge is 0.407 e. The van der Waals surface area contributed by atoms with Crippen LogP contribution in [0.15, 0.2) is 48.5 Å². The van der Waals surface area contributed by atoms with Gasteiger partial charge in [0.1, 0.15) is 12.6 Å². The van der Waals surface area contributed by atoms with Crippen molar-refractivity contribution in [2.75, 3.05) is 13.2 Å². The zero-order valence-electron chi connectivity index (χ0n) is 19.7. The summed E-state index contributed by atoms with van der Waals surface area (Å²) in [5.74, 6) is -1.23. The third kappa shape index (κ3) is 4.93. The molecule has 1 aliphatic carbocycles. The topological polar surface area (TPSA) is 95.9 Å². The molecule has 34 heavy (non-hydrogen) atoms. The summed E-state index contributed by atoms with van der Waals surface area (Å²) in [4.78, 5) is 39.1. The Kier molecular flexibility index (Phi) is 7.20. The largest absolute Gasteiger partial charge is 0.481 e. The van der Waals surface area contributed by atoms with Gasteiger partial charge in [-0.1, -0.05) is 61.9 Å². The van der Waals surface area contributed by atoms with Crippen molar-refractivity contribution in [3.63, 3.8) is 0 Å². The molecule has 2 aliphatic rings. The number of piperidine rings is 1. The summed E-state index contributed by atoms with van der Waals surface area (Å²) in [5, 5.41) is 11.9. The third-order valence-corrected chi connectivity index (χ3v) is 7.15. The van der Waals surface area contributed by atoms with Crippen LogP contribution in [0.2, 0.25) is 0 Å². The lowest BCUT2D eigenvalue weighted by Gasteiger charge is -2.39. The van der Waals surface area contributed by atoms with Crippen LogP contribution in [-0.2, 0) is 14.3 Å². The number of carboxylic acid groups (broad SMARTS) is 1. The molecule has 2 aromatic carbocycles. The number of carbonyl (C=O) groups excluding carboxylic acids is 2. The van der Waals surface area contributed by atoms with Gasteiger partial charge in [-0.15, -0.1) is 0 Å². The van der Waals surface area contributed by atoms with Crippen LogP contribution >= 0.6 is 0 Å². The minimum atomic E-state index is -1.16. The summed E-state index contributed by atoms with van der Waals surface area (Å²) < 4.78 is 5.54. The van der Waals surface area contributed by atoms with Crippen molar-refractivity contribution >= 4 is 18.0 Å². The second-order valence-electron chi connectivity index (χ2n) is 9.31. The second-order valence-corrected chi connectivity index (χ2v) is 9.31. The molecule has 1 fully saturated rings. The first-order chi connectivity index (χ1) is 16.4. The number of hydrogen-bond acceptors (Lipinski definition) is 4. The molecule has 2 N–H and O–H groups in total. The first kappa shape index (κ1) is 23.8. The van der Waals surface area contributed by atoms with E-state index < -0.39 is 24.5 Å². The maximum absolute atomic E-state index is 13.2. The average molecular weight is 465 g/mol. The lowest BCUT2D eigenvalue weighted by Crippen LogP contribution is -2.54. The molecule has 4 rings (SSSR count). The normalized spacial score (nSPS) is 20.2. The van der Waals surface area contributed by atoms with Crippen LogP contribution in [0, 0.1) is 5.92 Å². The van der Waals surface area contributed by atoms with E-state index in [0.29, 0.717) is 12.5 Å². The third-order valence-electron chi connectivity index (χ3n) is 7.15. The molecule has 0 bridgehead atoms. The lowest BCUT2D eigenvalue weighted by molar-refractivity contribution is -0.144. The number of alkyl carbamates (subject to hydrolysis) is 1. The molecule has 7 nitrogen and oxygen atoms in total. The van der Waals surface area contributed by atoms with E-state index in [1.807, 2.05) is 43.3 Å². The van der Waals surface area contributed by atoms with Gasteiger partial charge in [0.05, 0.1) is 6.42 Å². The molecule has 1 unspecified atom stereocenters. The van der Waals surface area contributed by atoms with Crippen LogP contribution in [-0.4, -0.2) is 53.2 Å². The van der Waals surface area contributed by atoms with E-state index in [0.717, 1.165) is 41.5 Å². The maximum Gasteiger partial charge on any atom is 0.407 e. The van der Waals surface area contributed by atoms with Crippen molar-refractivity contribution in [1.29, 1.82) is 0 Å². The van der Waals surface area contributed by atoms with Crippen LogP contribution in [0.5, 0.6) is 0 Å². The number of carboxylic acids is 1. The Hall–Kier alpha value is -3.35. The predicted molar refractivity (Wildman–Crippen MR) is 128 cm³/mol. The maximum atomic E-state index is 13.2. The molecule has 3 atom stereocenters. The van der Waals surface area contributed by atoms with E-state index in [9.17, 15) is 19.5 Å². The fraction of sp³-hybridized carbons (Fsp3) is 0.444. The monoisotopic (exact) mass is 464 g/mol. The van der Waals surface area contributed by atoms with Crippen LogP contribution in [0.25, 0.3) is 11.1 Å². The second kappa shape index (κ2) is 10.3. The molecule has 0 aromatic heterocycles. The van der Waals surface area contributed by atoms with Crippen molar-refractivity contribution in [3.8, 4) is 11.1 Å². The number of amides is 2. The number of nitrogens with zero attached hydrogens (tertiary/aromatic N) is 1. The van der Waals surface area contributed by atoms with E-state index >= 15 is 0 Å². The number of likely N-dealkylation sites (tertiary alicyclic amines) is 1. The van der Waals surface area contributed by atoms with Gasteiger partial charge in [0.25, 0.3) is 0 Å². The van der Waals surface area contributed by atoms with E-state index in [1.54, 1.807) is 4.90 Å². The molecule has 0 spiro atoms. The molecule has 1 aliphatic heterocycles. The number of aliphatic carboxylic acids is 1. The Morgan fingerprint density at radius 2 is 1.68 bits per heavy atom. The van der Waals surface area contributed by atoms with Crippen molar-refractivity contribution < 1.29 is 24.2 Å². The van der Waals surface area contributed by atoms with Gasteiger partial charge in [0.15, 0.2) is 0 Å². The van der Waals surface area contributed by atoms with E-state index in [1.165, 1.54) is 0 Å². The Labute approximate surface area is 200 Å². The van der Waals surface area contributed by atoms with Crippen molar-refractivity contribution in [3.05, 3.63) is 59.7 Å². The SMILES string of the molecule is CC[C@@H]1CC[C@@H](C)N(C(=O)C(CC(=O)O)NC(=O)OCC2c3ccccc3-c3ccccc32)C1. The van der Waals surface area contributed by atoms with Gasteiger partial charge in [-0.05, 0) is 47.9 Å². The van der Waals surface area contributed by atoms with Gasteiger partial charge in [-0.3, -0.25) is 9.59 Å². The summed E-state index contributed by atoms with van der Waals surface area (Å²) in [7, 11) is 0. The average Bonchev–Trinajstić information content (AvgIpc) is 3.15. The summed E-state index contributed by atoms with van der Waals surface area (Å²) in [6.07, 6.45) is 1.61. The number of carbonyl (C=O) groups is 3. The molecule has 2 amide bonds. The molecule has 7 heteroatoms. The lowest BCUT2D eigenvalue weighted by atomic mass is 9.91. The van der Waals surface area contributed by atoms with Crippen LogP contribution in [0.1, 0.15) is 56.6 Å². The Bertz CT molecular complexity index is 1020. The van der Waals surface area contributed by atoms with Gasteiger partial charge in [0.2, 0.25) is 5.91 Å². The quantitative estimate of drug-likeness (QED) is 0.633. The summed E-state index contributed by atoms with van der Waals surface area (Å²) in [6, 6.07) is 14.9. The Balaban J connectivity index is 1.44. The Morgan fingerprint density at radius 1 is 1.06 bits per heavy atom. The molecule has 2 aromatic rings. The fourth-order valence-corrected chi connectivity index (χ4v) is 5.18. The van der Waals surface area contributed by atoms with Gasteiger partial charge in [0, 0.05) is 18.5 Å². The zero-order chi connectivity index (χ0) is 24.2. The molecule has 1 heterocycles. The van der Waals surface area contributed by atoms with E-state index in [-0.39, 0.29) is 24.5 Å². The molecule has 0 radical (unpaired) electrons. The summed E-state index contributed by atoms with van der Waals surface area (Å²) in [6.45, 7) is 4.74. The molecule has 180 valence electrons. The van der Waals surface area contributed by atoms with Crippen LogP contribution in [0.3, 0.4) is 0 Å². The summed E-state index contributed by atoms with van der Waals surface area (Å²) in [5.41, 5.74) is 4.41. The minimum Gasteiger partial charge on any atom is -0.481 e. The van der Waals surface area contributed by atoms with Gasteiger partial charge in [-0.25, -0.2) is 4.79 Å².